The molecule has 1 aliphatic rings. The smallest absolute Gasteiger partial charge is 0.276 e. The largest absolute Gasteiger partial charge is 0.355 e. The van der Waals surface area contributed by atoms with E-state index in [2.05, 4.69) is 5.16 Å². The molecule has 2 aromatic rings. The van der Waals surface area contributed by atoms with Crippen LogP contribution in [0.2, 0.25) is 0 Å². The third-order valence-corrected chi connectivity index (χ3v) is 2.59. The molecule has 0 saturated carbocycles. The van der Waals surface area contributed by atoms with Gasteiger partial charge in [0.2, 0.25) is 6.29 Å². The molecule has 0 N–H and O–H groups in total. The van der Waals surface area contributed by atoms with Crippen LogP contribution in [0.25, 0.3) is 11.0 Å². The van der Waals surface area contributed by atoms with Gasteiger partial charge in [-0.2, -0.15) is 0 Å². The Morgan fingerprint density at radius 1 is 1.39 bits per heavy atom. The molecule has 1 fully saturated rings. The van der Waals surface area contributed by atoms with Crippen molar-refractivity contribution >= 4 is 16.7 Å². The van der Waals surface area contributed by atoms with Crippen molar-refractivity contribution < 1.29 is 23.3 Å². The van der Waals surface area contributed by atoms with Gasteiger partial charge in [-0.1, -0.05) is 5.16 Å². The molecule has 0 amide bonds. The highest BCUT2D eigenvalue weighted by Gasteiger charge is 2.28. The summed E-state index contributed by atoms with van der Waals surface area (Å²) in [6, 6.07) is 1.93. The molecule has 7 nitrogen and oxygen atoms in total. The molecule has 8 heteroatoms. The van der Waals surface area contributed by atoms with Crippen LogP contribution in [0, 0.1) is 15.9 Å². The Kier molecular flexibility index (Phi) is 2.46. The molecule has 0 aliphatic carbocycles. The normalized spacial score (nSPS) is 16.5. The number of aromatic nitrogens is 1. The first-order valence-electron chi connectivity index (χ1n) is 5.13. The number of nitro groups is 1. The minimum absolute atomic E-state index is 0.00389. The molecule has 1 aromatic heterocycles. The Morgan fingerprint density at radius 2 is 2.11 bits per heavy atom. The van der Waals surface area contributed by atoms with Crippen molar-refractivity contribution in [3.63, 3.8) is 0 Å². The minimum atomic E-state index is -0.790. The van der Waals surface area contributed by atoms with E-state index >= 15 is 0 Å². The predicted octanol–water partition coefficient (Wildman–Crippen LogP) is 1.92. The van der Waals surface area contributed by atoms with E-state index in [-0.39, 0.29) is 16.7 Å². The summed E-state index contributed by atoms with van der Waals surface area (Å²) in [6.07, 6.45) is -0.790. The number of fused-ring (bicyclic) bond motifs is 1. The van der Waals surface area contributed by atoms with Crippen LogP contribution in [-0.4, -0.2) is 23.3 Å². The zero-order valence-electron chi connectivity index (χ0n) is 8.96. The molecule has 0 atom stereocenters. The number of non-ortho nitro benzene ring substituents is 1. The first-order valence-corrected chi connectivity index (χ1v) is 5.13. The Morgan fingerprint density at radius 3 is 2.78 bits per heavy atom. The van der Waals surface area contributed by atoms with Crippen LogP contribution in [0.5, 0.6) is 0 Å². The number of ether oxygens (including phenoxy) is 2. The third kappa shape index (κ3) is 1.62. The van der Waals surface area contributed by atoms with Gasteiger partial charge in [-0.25, -0.2) is 4.39 Å². The van der Waals surface area contributed by atoms with Gasteiger partial charge in [-0.3, -0.25) is 10.1 Å². The van der Waals surface area contributed by atoms with E-state index < -0.39 is 22.7 Å². The van der Waals surface area contributed by atoms with E-state index in [1.165, 1.54) is 0 Å². The maximum Gasteiger partial charge on any atom is 0.276 e. The van der Waals surface area contributed by atoms with E-state index in [9.17, 15) is 14.5 Å². The Balaban J connectivity index is 2.16. The predicted molar refractivity (Wildman–Crippen MR) is 55.3 cm³/mol. The summed E-state index contributed by atoms with van der Waals surface area (Å²) < 4.78 is 29.1. The average molecular weight is 254 g/mol. The summed E-state index contributed by atoms with van der Waals surface area (Å²) in [5.41, 5.74) is -0.235. The zero-order valence-corrected chi connectivity index (χ0v) is 8.96. The van der Waals surface area contributed by atoms with Crippen molar-refractivity contribution in [2.45, 2.75) is 6.29 Å². The summed E-state index contributed by atoms with van der Waals surface area (Å²) in [7, 11) is 0. The lowest BCUT2D eigenvalue weighted by Gasteiger charge is -2.04. The molecular weight excluding hydrogens is 247 g/mol. The van der Waals surface area contributed by atoms with Crippen molar-refractivity contribution in [1.82, 2.24) is 5.16 Å². The van der Waals surface area contributed by atoms with Crippen molar-refractivity contribution in [2.75, 3.05) is 13.2 Å². The number of hydrogen-bond acceptors (Lipinski definition) is 6. The van der Waals surface area contributed by atoms with Crippen molar-refractivity contribution in [3.8, 4) is 0 Å². The number of rotatable bonds is 2. The van der Waals surface area contributed by atoms with Gasteiger partial charge in [0.1, 0.15) is 5.82 Å². The maximum atomic E-state index is 13.8. The number of hydrogen-bond donors (Lipinski definition) is 0. The first kappa shape index (κ1) is 11.1. The van der Waals surface area contributed by atoms with Crippen LogP contribution >= 0.6 is 0 Å². The fraction of sp³-hybridized carbons (Fsp3) is 0.300. The average Bonchev–Trinajstić information content (AvgIpc) is 2.96. The van der Waals surface area contributed by atoms with Gasteiger partial charge in [-0.05, 0) is 0 Å². The minimum Gasteiger partial charge on any atom is -0.355 e. The van der Waals surface area contributed by atoms with Gasteiger partial charge in [0.15, 0.2) is 11.3 Å². The van der Waals surface area contributed by atoms with E-state index in [0.717, 1.165) is 12.1 Å². The summed E-state index contributed by atoms with van der Waals surface area (Å²) in [6.45, 7) is 0.765. The summed E-state index contributed by atoms with van der Waals surface area (Å²) in [4.78, 5) is 9.89. The lowest BCUT2D eigenvalue weighted by molar-refractivity contribution is -0.384. The summed E-state index contributed by atoms with van der Waals surface area (Å²) in [5, 5.41) is 14.3. The standard InChI is InChI=1S/C10H7FN2O5/c11-6-3-5(13(14)15)4-7-8(6)9(12-18-7)10-16-1-2-17-10/h3-4,10H,1-2H2. The SMILES string of the molecule is O=[N+]([O-])c1cc(F)c2c(C3OCCO3)noc2c1. The van der Waals surface area contributed by atoms with Crippen LogP contribution in [0.15, 0.2) is 16.7 Å². The Hall–Kier alpha value is -2.06. The lowest BCUT2D eigenvalue weighted by atomic mass is 10.2. The molecule has 0 spiro atoms. The lowest BCUT2D eigenvalue weighted by Crippen LogP contribution is -1.99. The Labute approximate surface area is 99.2 Å². The first-order chi connectivity index (χ1) is 8.66. The van der Waals surface area contributed by atoms with Gasteiger partial charge >= 0.3 is 0 Å². The van der Waals surface area contributed by atoms with Crippen LogP contribution in [0.4, 0.5) is 10.1 Å². The fourth-order valence-electron chi connectivity index (χ4n) is 1.81. The summed E-state index contributed by atoms with van der Waals surface area (Å²) in [5.74, 6) is -0.783. The zero-order chi connectivity index (χ0) is 12.7. The van der Waals surface area contributed by atoms with Gasteiger partial charge in [-0.15, -0.1) is 0 Å². The second kappa shape index (κ2) is 4.00. The molecular formula is C10H7FN2O5. The monoisotopic (exact) mass is 254 g/mol. The van der Waals surface area contributed by atoms with E-state index in [4.69, 9.17) is 14.0 Å². The highest BCUT2D eigenvalue weighted by molar-refractivity contribution is 5.82. The number of benzene rings is 1. The van der Waals surface area contributed by atoms with E-state index in [1.54, 1.807) is 0 Å². The van der Waals surface area contributed by atoms with Crippen molar-refractivity contribution in [3.05, 3.63) is 33.8 Å². The molecule has 94 valence electrons. The maximum absolute atomic E-state index is 13.8. The van der Waals surface area contributed by atoms with Crippen molar-refractivity contribution in [1.29, 1.82) is 0 Å². The van der Waals surface area contributed by atoms with Crippen LogP contribution in [-0.2, 0) is 9.47 Å². The quantitative estimate of drug-likeness (QED) is 0.601. The summed E-state index contributed by atoms with van der Waals surface area (Å²) >= 11 is 0. The van der Waals surface area contributed by atoms with Gasteiger partial charge in [0.25, 0.3) is 5.69 Å². The number of nitrogens with zero attached hydrogens (tertiary/aromatic N) is 2. The highest BCUT2D eigenvalue weighted by Crippen LogP contribution is 2.33. The molecule has 1 aromatic carbocycles. The third-order valence-electron chi connectivity index (χ3n) is 2.59. The molecule has 0 unspecified atom stereocenters. The molecule has 1 aliphatic heterocycles. The number of halogens is 1. The van der Waals surface area contributed by atoms with E-state index in [0.29, 0.717) is 13.2 Å². The van der Waals surface area contributed by atoms with Gasteiger partial charge < -0.3 is 14.0 Å². The topological polar surface area (TPSA) is 87.6 Å². The second-order valence-electron chi connectivity index (χ2n) is 3.70. The van der Waals surface area contributed by atoms with Gasteiger partial charge in [0.05, 0.1) is 35.7 Å². The molecule has 1 saturated heterocycles. The molecule has 2 heterocycles. The van der Waals surface area contributed by atoms with Crippen LogP contribution < -0.4 is 0 Å². The van der Waals surface area contributed by atoms with Crippen molar-refractivity contribution in [2.24, 2.45) is 0 Å². The Bertz CT molecular complexity index is 620. The molecule has 0 bridgehead atoms. The second-order valence-corrected chi connectivity index (χ2v) is 3.70. The molecule has 3 rings (SSSR count). The number of nitro benzene ring substituents is 1. The van der Waals surface area contributed by atoms with Crippen LogP contribution in [0.3, 0.4) is 0 Å². The molecule has 18 heavy (non-hydrogen) atoms. The van der Waals surface area contributed by atoms with Crippen LogP contribution in [0.1, 0.15) is 12.0 Å². The highest BCUT2D eigenvalue weighted by atomic mass is 19.1. The van der Waals surface area contributed by atoms with Gasteiger partial charge in [0, 0.05) is 0 Å². The van der Waals surface area contributed by atoms with E-state index in [1.807, 2.05) is 0 Å². The fourth-order valence-corrected chi connectivity index (χ4v) is 1.81. The molecule has 0 radical (unpaired) electrons.